The second-order valence-electron chi connectivity index (χ2n) is 10.8. The molecule has 0 N–H and O–H groups in total. The smallest absolute Gasteiger partial charge is 0.123 e. The normalized spacial score (nSPS) is 29.4. The average molecular weight is 483 g/mol. The van der Waals surface area contributed by atoms with Crippen molar-refractivity contribution in [1.29, 1.82) is 0 Å². The van der Waals surface area contributed by atoms with Gasteiger partial charge in [-0.05, 0) is 75.6 Å². The third-order valence-electron chi connectivity index (χ3n) is 8.88. The fourth-order valence-electron chi connectivity index (χ4n) is 7.28. The SMILES string of the molecule is Fc1ccc(C2C=CC=CC2C2=c3ccccc3=C(C3C=CC=C4C=CCCC43)C3CC=CC=C23)cc1. The second kappa shape index (κ2) is 9.30. The molecular formula is C36H31F. The average Bonchev–Trinajstić information content (AvgIpc) is 2.96. The molecular weight excluding hydrogens is 451 g/mol. The molecule has 2 aromatic carbocycles. The number of rotatable bonds is 3. The molecule has 5 atom stereocenters. The van der Waals surface area contributed by atoms with Crippen LogP contribution in [0.4, 0.5) is 4.39 Å². The van der Waals surface area contributed by atoms with Crippen LogP contribution in [0.2, 0.25) is 0 Å². The van der Waals surface area contributed by atoms with Crippen molar-refractivity contribution in [3.05, 3.63) is 154 Å². The predicted molar refractivity (Wildman–Crippen MR) is 151 cm³/mol. The Hall–Kier alpha value is -3.71. The first-order valence-corrected chi connectivity index (χ1v) is 13.7. The van der Waals surface area contributed by atoms with Gasteiger partial charge in [-0.3, -0.25) is 0 Å². The highest BCUT2D eigenvalue weighted by molar-refractivity contribution is 5.80. The summed E-state index contributed by atoms with van der Waals surface area (Å²) in [6, 6.07) is 16.2. The van der Waals surface area contributed by atoms with Gasteiger partial charge in [0.1, 0.15) is 5.82 Å². The number of fused-ring (bicyclic) bond motifs is 3. The van der Waals surface area contributed by atoms with Crippen LogP contribution in [0.15, 0.2) is 133 Å². The standard InChI is InChI=1S/C36H31F/c37-26-22-20-25(21-23-26)28-13-3-4-14-29(28)35-31-15-5-7-17-33(31)36(34-18-8-6-16-32(34)35)30-19-9-11-24-10-1-2-12-27(24)30/h1,3-11,13-17,19-23,27-30,34H,2,12,18H2. The minimum Gasteiger partial charge on any atom is -0.207 e. The van der Waals surface area contributed by atoms with E-state index in [9.17, 15) is 4.39 Å². The zero-order valence-electron chi connectivity index (χ0n) is 20.9. The maximum Gasteiger partial charge on any atom is 0.123 e. The van der Waals surface area contributed by atoms with E-state index in [1.165, 1.54) is 33.6 Å². The van der Waals surface area contributed by atoms with Crippen molar-refractivity contribution >= 4 is 11.1 Å². The highest BCUT2D eigenvalue weighted by atomic mass is 19.1. The number of benzene rings is 2. The molecule has 0 saturated heterocycles. The van der Waals surface area contributed by atoms with Crippen LogP contribution in [-0.2, 0) is 0 Å². The lowest BCUT2D eigenvalue weighted by molar-refractivity contribution is 0.473. The Labute approximate surface area is 218 Å². The monoisotopic (exact) mass is 482 g/mol. The molecule has 5 aliphatic carbocycles. The van der Waals surface area contributed by atoms with Gasteiger partial charge in [0, 0.05) is 23.7 Å². The van der Waals surface area contributed by atoms with E-state index >= 15 is 0 Å². The molecule has 0 saturated carbocycles. The maximum absolute atomic E-state index is 13.8. The van der Waals surface area contributed by atoms with E-state index in [2.05, 4.69) is 97.2 Å². The maximum atomic E-state index is 13.8. The van der Waals surface area contributed by atoms with E-state index in [-0.39, 0.29) is 17.7 Å². The van der Waals surface area contributed by atoms with E-state index in [1.807, 2.05) is 12.1 Å². The molecule has 0 aromatic heterocycles. The summed E-state index contributed by atoms with van der Waals surface area (Å²) in [6.45, 7) is 0. The zero-order chi connectivity index (χ0) is 24.8. The molecule has 5 aliphatic rings. The molecule has 2 aromatic rings. The van der Waals surface area contributed by atoms with Crippen molar-refractivity contribution in [2.24, 2.45) is 23.7 Å². The Balaban J connectivity index is 1.47. The Morgan fingerprint density at radius 1 is 0.703 bits per heavy atom. The van der Waals surface area contributed by atoms with Crippen molar-refractivity contribution in [1.82, 2.24) is 0 Å². The topological polar surface area (TPSA) is 0 Å². The lowest BCUT2D eigenvalue weighted by Gasteiger charge is -2.41. The fourth-order valence-corrected chi connectivity index (χ4v) is 7.28. The summed E-state index contributed by atoms with van der Waals surface area (Å²) in [6.07, 6.45) is 31.1. The van der Waals surface area contributed by atoms with Gasteiger partial charge in [0.05, 0.1) is 0 Å². The number of allylic oxidation sites excluding steroid dienone is 14. The van der Waals surface area contributed by atoms with Crippen LogP contribution in [0, 0.1) is 29.5 Å². The number of halogens is 1. The molecule has 0 bridgehead atoms. The Morgan fingerprint density at radius 3 is 2.35 bits per heavy atom. The van der Waals surface area contributed by atoms with Gasteiger partial charge in [0.2, 0.25) is 0 Å². The molecule has 0 spiro atoms. The largest absolute Gasteiger partial charge is 0.207 e. The Morgan fingerprint density at radius 2 is 1.49 bits per heavy atom. The molecule has 0 radical (unpaired) electrons. The van der Waals surface area contributed by atoms with Crippen molar-refractivity contribution in [2.75, 3.05) is 0 Å². The van der Waals surface area contributed by atoms with Crippen LogP contribution >= 0.6 is 0 Å². The van der Waals surface area contributed by atoms with E-state index in [0.717, 1.165) is 18.4 Å². The molecule has 0 amide bonds. The summed E-state index contributed by atoms with van der Waals surface area (Å²) in [5.41, 5.74) is 7.12. The highest BCUT2D eigenvalue weighted by Gasteiger charge is 2.38. The van der Waals surface area contributed by atoms with Gasteiger partial charge in [-0.15, -0.1) is 0 Å². The van der Waals surface area contributed by atoms with Gasteiger partial charge in [-0.1, -0.05) is 109 Å². The third kappa shape index (κ3) is 3.80. The van der Waals surface area contributed by atoms with Crippen LogP contribution in [0.25, 0.3) is 11.1 Å². The van der Waals surface area contributed by atoms with E-state index in [4.69, 9.17) is 0 Å². The minimum atomic E-state index is -0.183. The second-order valence-corrected chi connectivity index (χ2v) is 10.8. The van der Waals surface area contributed by atoms with Gasteiger partial charge in [0.25, 0.3) is 0 Å². The van der Waals surface area contributed by atoms with Gasteiger partial charge in [0.15, 0.2) is 0 Å². The Kier molecular flexibility index (Phi) is 5.65. The van der Waals surface area contributed by atoms with Crippen LogP contribution in [0.5, 0.6) is 0 Å². The summed E-state index contributed by atoms with van der Waals surface area (Å²) >= 11 is 0. The predicted octanol–water partition coefficient (Wildman–Crippen LogP) is 7.25. The highest BCUT2D eigenvalue weighted by Crippen LogP contribution is 2.49. The van der Waals surface area contributed by atoms with Crippen molar-refractivity contribution < 1.29 is 4.39 Å². The summed E-state index contributed by atoms with van der Waals surface area (Å²) < 4.78 is 13.8. The van der Waals surface area contributed by atoms with Gasteiger partial charge in [-0.25, -0.2) is 4.39 Å². The van der Waals surface area contributed by atoms with E-state index in [1.54, 1.807) is 17.7 Å². The third-order valence-corrected chi connectivity index (χ3v) is 8.88. The molecule has 0 aliphatic heterocycles. The molecule has 182 valence electrons. The molecule has 1 heteroatoms. The lowest BCUT2D eigenvalue weighted by Crippen LogP contribution is -2.42. The summed E-state index contributed by atoms with van der Waals surface area (Å²) in [5.74, 6) is 1.54. The van der Waals surface area contributed by atoms with Gasteiger partial charge >= 0.3 is 0 Å². The molecule has 0 heterocycles. The van der Waals surface area contributed by atoms with Crippen molar-refractivity contribution in [3.63, 3.8) is 0 Å². The Bertz CT molecular complexity index is 1570. The molecule has 37 heavy (non-hydrogen) atoms. The van der Waals surface area contributed by atoms with Crippen LogP contribution in [0.1, 0.15) is 30.7 Å². The number of hydrogen-bond acceptors (Lipinski definition) is 0. The van der Waals surface area contributed by atoms with Gasteiger partial charge < -0.3 is 0 Å². The van der Waals surface area contributed by atoms with Gasteiger partial charge in [-0.2, -0.15) is 0 Å². The number of hydrogen-bond donors (Lipinski definition) is 0. The molecule has 0 fully saturated rings. The quantitative estimate of drug-likeness (QED) is 0.432. The van der Waals surface area contributed by atoms with Crippen molar-refractivity contribution in [2.45, 2.75) is 25.2 Å². The molecule has 7 rings (SSSR count). The van der Waals surface area contributed by atoms with Crippen LogP contribution in [0.3, 0.4) is 0 Å². The minimum absolute atomic E-state index is 0.176. The summed E-state index contributed by atoms with van der Waals surface area (Å²) in [5, 5.41) is 2.78. The first-order chi connectivity index (χ1) is 18.3. The molecule has 5 unspecified atom stereocenters. The fraction of sp³-hybridized carbons (Fsp3) is 0.222. The van der Waals surface area contributed by atoms with Crippen LogP contribution < -0.4 is 10.4 Å². The van der Waals surface area contributed by atoms with Crippen molar-refractivity contribution in [3.8, 4) is 0 Å². The van der Waals surface area contributed by atoms with E-state index < -0.39 is 0 Å². The zero-order valence-corrected chi connectivity index (χ0v) is 20.9. The van der Waals surface area contributed by atoms with E-state index in [0.29, 0.717) is 17.8 Å². The summed E-state index contributed by atoms with van der Waals surface area (Å²) in [7, 11) is 0. The first-order valence-electron chi connectivity index (χ1n) is 13.7. The molecule has 0 nitrogen and oxygen atoms in total. The lowest BCUT2D eigenvalue weighted by atomic mass is 9.63. The first kappa shape index (κ1) is 22.5. The summed E-state index contributed by atoms with van der Waals surface area (Å²) in [4.78, 5) is 0. The van der Waals surface area contributed by atoms with Crippen LogP contribution in [-0.4, -0.2) is 0 Å².